The van der Waals surface area contributed by atoms with Crippen LogP contribution in [0.15, 0.2) is 0 Å². The summed E-state index contributed by atoms with van der Waals surface area (Å²) in [4.78, 5) is 0. The normalized spacial score (nSPS) is 14.2. The second-order valence-electron chi connectivity index (χ2n) is 6.75. The molecule has 2 atom stereocenters. The first-order valence-corrected chi connectivity index (χ1v) is 11.0. The van der Waals surface area contributed by atoms with Crippen molar-refractivity contribution in [1.82, 2.24) is 0 Å². The van der Waals surface area contributed by atoms with Gasteiger partial charge in [0.25, 0.3) is 0 Å². The molecule has 0 heterocycles. The van der Waals surface area contributed by atoms with Gasteiger partial charge >= 0.3 is 51.4 Å². The van der Waals surface area contributed by atoms with Gasteiger partial charge in [-0.25, -0.2) is 8.42 Å². The molecule has 2 unspecified atom stereocenters. The molecule has 0 fully saturated rings. The fourth-order valence-electron chi connectivity index (χ4n) is 2.91. The number of unbranched alkanes of at least 4 members (excludes halogenated alkanes) is 7. The van der Waals surface area contributed by atoms with Gasteiger partial charge in [-0.3, -0.25) is 0 Å². The molecular formula is C18H37KO4S. The Morgan fingerprint density at radius 3 is 1.62 bits per heavy atom. The van der Waals surface area contributed by atoms with Crippen molar-refractivity contribution in [3.63, 3.8) is 0 Å². The third-order valence-electron chi connectivity index (χ3n) is 4.49. The van der Waals surface area contributed by atoms with Crippen LogP contribution in [0.1, 0.15) is 104 Å². The summed E-state index contributed by atoms with van der Waals surface area (Å²) in [5.74, 6) is 0. The van der Waals surface area contributed by atoms with Crippen molar-refractivity contribution in [3.05, 3.63) is 0 Å². The van der Waals surface area contributed by atoms with Gasteiger partial charge in [-0.1, -0.05) is 78.1 Å². The monoisotopic (exact) mass is 388 g/mol. The van der Waals surface area contributed by atoms with Gasteiger partial charge < -0.3 is 9.66 Å². The van der Waals surface area contributed by atoms with Crippen molar-refractivity contribution in [2.45, 2.75) is 115 Å². The topological polar surface area (TPSA) is 77.4 Å². The van der Waals surface area contributed by atoms with Crippen molar-refractivity contribution >= 4 is 10.1 Å². The molecule has 0 aliphatic heterocycles. The van der Waals surface area contributed by atoms with Gasteiger partial charge in [0, 0.05) is 5.25 Å². The Morgan fingerprint density at radius 2 is 1.12 bits per heavy atom. The van der Waals surface area contributed by atoms with Gasteiger partial charge in [-0.05, 0) is 25.7 Å². The Bertz CT molecular complexity index is 360. The zero-order valence-corrected chi connectivity index (χ0v) is 20.1. The van der Waals surface area contributed by atoms with Crippen LogP contribution in [0.2, 0.25) is 0 Å². The second-order valence-corrected chi connectivity index (χ2v) is 8.40. The first-order chi connectivity index (χ1) is 10.9. The van der Waals surface area contributed by atoms with Crippen molar-refractivity contribution < 1.29 is 69.5 Å². The SMILES string of the molecule is CCCCC(O)CCCCCCCCC(CCCC)S(=O)(=O)[O-].[K+]. The molecule has 1 N–H and O–H groups in total. The molecule has 0 aliphatic rings. The largest absolute Gasteiger partial charge is 1.00 e. The van der Waals surface area contributed by atoms with E-state index in [-0.39, 0.29) is 57.5 Å². The molecule has 6 heteroatoms. The summed E-state index contributed by atoms with van der Waals surface area (Å²) in [5.41, 5.74) is 0. The van der Waals surface area contributed by atoms with Gasteiger partial charge in [0.1, 0.15) is 0 Å². The molecule has 0 saturated carbocycles. The molecule has 4 nitrogen and oxygen atoms in total. The van der Waals surface area contributed by atoms with E-state index in [1.807, 2.05) is 6.92 Å². The van der Waals surface area contributed by atoms with Crippen LogP contribution >= 0.6 is 0 Å². The van der Waals surface area contributed by atoms with Crippen LogP contribution in [0, 0.1) is 0 Å². The van der Waals surface area contributed by atoms with Crippen LogP contribution < -0.4 is 51.4 Å². The number of aliphatic hydroxyl groups excluding tert-OH is 1. The molecule has 0 aromatic heterocycles. The van der Waals surface area contributed by atoms with Gasteiger partial charge in [-0.15, -0.1) is 0 Å². The standard InChI is InChI=1S/C18H38O4S.K/c1-3-5-13-17(19)14-11-9-7-8-10-12-16-18(15-6-4-2)23(20,21)22;/h17-19H,3-16H2,1-2H3,(H,20,21,22);/q;+1/p-1. The summed E-state index contributed by atoms with van der Waals surface area (Å²) >= 11 is 0. The van der Waals surface area contributed by atoms with Crippen molar-refractivity contribution in [2.24, 2.45) is 0 Å². The molecule has 0 radical (unpaired) electrons. The van der Waals surface area contributed by atoms with E-state index in [0.717, 1.165) is 77.0 Å². The van der Waals surface area contributed by atoms with Crippen LogP contribution in [0.5, 0.6) is 0 Å². The number of hydrogen-bond donors (Lipinski definition) is 1. The average molecular weight is 389 g/mol. The van der Waals surface area contributed by atoms with E-state index in [4.69, 9.17) is 0 Å². The summed E-state index contributed by atoms with van der Waals surface area (Å²) in [6, 6.07) is 0. The number of rotatable bonds is 16. The first kappa shape index (κ1) is 27.7. The maximum Gasteiger partial charge on any atom is 1.00 e. The predicted octanol–water partition coefficient (Wildman–Crippen LogP) is 1.77. The minimum absolute atomic E-state index is 0. The van der Waals surface area contributed by atoms with Gasteiger partial charge in [-0.2, -0.15) is 0 Å². The van der Waals surface area contributed by atoms with E-state index in [2.05, 4.69) is 6.92 Å². The van der Waals surface area contributed by atoms with Crippen LogP contribution in [-0.4, -0.2) is 29.4 Å². The summed E-state index contributed by atoms with van der Waals surface area (Å²) in [7, 11) is -4.13. The molecule has 0 amide bonds. The fourth-order valence-corrected chi connectivity index (χ4v) is 3.82. The molecule has 0 rings (SSSR count). The Morgan fingerprint density at radius 1 is 0.750 bits per heavy atom. The first-order valence-electron chi connectivity index (χ1n) is 9.54. The number of hydrogen-bond acceptors (Lipinski definition) is 4. The average Bonchev–Trinajstić information content (AvgIpc) is 2.49. The fraction of sp³-hybridized carbons (Fsp3) is 1.00. The summed E-state index contributed by atoms with van der Waals surface area (Å²) in [5, 5.41) is 9.06. The molecule has 0 aliphatic carbocycles. The molecule has 0 bridgehead atoms. The minimum Gasteiger partial charge on any atom is -0.748 e. The zero-order valence-electron chi connectivity index (χ0n) is 16.1. The van der Waals surface area contributed by atoms with E-state index < -0.39 is 15.4 Å². The van der Waals surface area contributed by atoms with E-state index in [1.165, 1.54) is 0 Å². The van der Waals surface area contributed by atoms with Gasteiger partial charge in [0.05, 0.1) is 16.2 Å². The Balaban J connectivity index is 0. The molecule has 0 aromatic carbocycles. The molecule has 0 saturated heterocycles. The van der Waals surface area contributed by atoms with Crippen molar-refractivity contribution in [2.75, 3.05) is 0 Å². The van der Waals surface area contributed by atoms with E-state index in [0.29, 0.717) is 12.8 Å². The quantitative estimate of drug-likeness (QED) is 0.248. The van der Waals surface area contributed by atoms with E-state index in [9.17, 15) is 18.1 Å². The third kappa shape index (κ3) is 16.9. The Labute approximate surface area is 192 Å². The van der Waals surface area contributed by atoms with E-state index in [1.54, 1.807) is 0 Å². The summed E-state index contributed by atoms with van der Waals surface area (Å²) in [6.45, 7) is 4.14. The molecule has 24 heavy (non-hydrogen) atoms. The van der Waals surface area contributed by atoms with Crippen molar-refractivity contribution in [3.8, 4) is 0 Å². The van der Waals surface area contributed by atoms with Crippen LogP contribution in [-0.2, 0) is 10.1 Å². The Kier molecular flexibility index (Phi) is 20.7. The maximum atomic E-state index is 11.2. The Hall–Kier alpha value is 1.51. The van der Waals surface area contributed by atoms with E-state index >= 15 is 0 Å². The third-order valence-corrected chi connectivity index (χ3v) is 5.78. The maximum absolute atomic E-state index is 11.2. The molecular weight excluding hydrogens is 351 g/mol. The zero-order chi connectivity index (χ0) is 17.6. The van der Waals surface area contributed by atoms with Gasteiger partial charge in [0.15, 0.2) is 0 Å². The van der Waals surface area contributed by atoms with Crippen LogP contribution in [0.3, 0.4) is 0 Å². The van der Waals surface area contributed by atoms with Crippen LogP contribution in [0.4, 0.5) is 0 Å². The second kappa shape index (κ2) is 17.9. The number of aliphatic hydroxyl groups is 1. The molecule has 140 valence electrons. The van der Waals surface area contributed by atoms with Crippen LogP contribution in [0.25, 0.3) is 0 Å². The summed E-state index contributed by atoms with van der Waals surface area (Å²) < 4.78 is 33.6. The smallest absolute Gasteiger partial charge is 0.748 e. The van der Waals surface area contributed by atoms with Crippen molar-refractivity contribution in [1.29, 1.82) is 0 Å². The van der Waals surface area contributed by atoms with Gasteiger partial charge in [0.2, 0.25) is 0 Å². The molecule has 0 spiro atoms. The predicted molar refractivity (Wildman–Crippen MR) is 95.5 cm³/mol. The summed E-state index contributed by atoms with van der Waals surface area (Å²) in [6.07, 6.45) is 12.9. The minimum atomic E-state index is -4.13. The molecule has 0 aromatic rings.